The molecule has 0 saturated carbocycles. The van der Waals surface area contributed by atoms with E-state index in [9.17, 15) is 13.2 Å². The van der Waals surface area contributed by atoms with Gasteiger partial charge in [0.25, 0.3) is 0 Å². The Hall–Kier alpha value is -1.05. The largest absolute Gasteiger partial charge is 0.325 e. The van der Waals surface area contributed by atoms with E-state index in [1.807, 2.05) is 27.7 Å². The molecule has 136 valence electrons. The van der Waals surface area contributed by atoms with Crippen LogP contribution in [0.4, 0.5) is 5.69 Å². The summed E-state index contributed by atoms with van der Waals surface area (Å²) in [6, 6.07) is 3.24. The van der Waals surface area contributed by atoms with E-state index < -0.39 is 10.0 Å². The number of benzene rings is 1. The average Bonchev–Trinajstić information content (AvgIpc) is 2.52. The predicted molar refractivity (Wildman–Crippen MR) is 102 cm³/mol. The van der Waals surface area contributed by atoms with Gasteiger partial charge in [0.1, 0.15) is 0 Å². The van der Waals surface area contributed by atoms with Gasteiger partial charge < -0.3 is 5.32 Å². The van der Waals surface area contributed by atoms with Crippen molar-refractivity contribution in [2.24, 2.45) is 0 Å². The van der Waals surface area contributed by atoms with E-state index in [1.165, 1.54) is 4.31 Å². The second-order valence-corrected chi connectivity index (χ2v) is 8.65. The summed E-state index contributed by atoms with van der Waals surface area (Å²) in [6.45, 7) is 10.3. The SMILES string of the molecule is CCCSCC(=O)Nc1cc(S(=O)(=O)N(CC)CC)cc(C)c1C. The topological polar surface area (TPSA) is 66.5 Å². The van der Waals surface area contributed by atoms with E-state index in [1.54, 1.807) is 23.9 Å². The highest BCUT2D eigenvalue weighted by atomic mass is 32.2. The van der Waals surface area contributed by atoms with Crippen LogP contribution in [-0.4, -0.2) is 43.2 Å². The van der Waals surface area contributed by atoms with Crippen LogP contribution >= 0.6 is 11.8 Å². The lowest BCUT2D eigenvalue weighted by Crippen LogP contribution is -2.30. The Morgan fingerprint density at radius 1 is 1.17 bits per heavy atom. The summed E-state index contributed by atoms with van der Waals surface area (Å²) in [7, 11) is -3.54. The molecule has 1 rings (SSSR count). The highest BCUT2D eigenvalue weighted by molar-refractivity contribution is 7.99. The van der Waals surface area contributed by atoms with Crippen molar-refractivity contribution in [1.82, 2.24) is 4.31 Å². The molecular formula is C17H28N2O3S2. The quantitative estimate of drug-likeness (QED) is 0.675. The molecule has 1 aromatic carbocycles. The molecule has 0 unspecified atom stereocenters. The van der Waals surface area contributed by atoms with Crippen molar-refractivity contribution < 1.29 is 13.2 Å². The number of carbonyl (C=O) groups excluding carboxylic acids is 1. The molecule has 0 aliphatic carbocycles. The first-order chi connectivity index (χ1) is 11.3. The third-order valence-electron chi connectivity index (χ3n) is 3.84. The summed E-state index contributed by atoms with van der Waals surface area (Å²) in [6.07, 6.45) is 1.02. The lowest BCUT2D eigenvalue weighted by molar-refractivity contribution is -0.113. The Kier molecular flexibility index (Phi) is 8.26. The molecule has 0 radical (unpaired) electrons. The van der Waals surface area contributed by atoms with Crippen molar-refractivity contribution in [2.75, 3.05) is 29.9 Å². The normalized spacial score (nSPS) is 11.8. The highest BCUT2D eigenvalue weighted by Crippen LogP contribution is 2.26. The van der Waals surface area contributed by atoms with Gasteiger partial charge >= 0.3 is 0 Å². The Bertz CT molecular complexity index is 669. The fourth-order valence-electron chi connectivity index (χ4n) is 2.31. The number of aryl methyl sites for hydroxylation is 1. The van der Waals surface area contributed by atoms with Gasteiger partial charge in [-0.3, -0.25) is 4.79 Å². The second-order valence-electron chi connectivity index (χ2n) is 5.60. The maximum Gasteiger partial charge on any atom is 0.243 e. The first-order valence-electron chi connectivity index (χ1n) is 8.26. The monoisotopic (exact) mass is 372 g/mol. The summed E-state index contributed by atoms with van der Waals surface area (Å²) in [4.78, 5) is 12.3. The lowest BCUT2D eigenvalue weighted by Gasteiger charge is -2.20. The van der Waals surface area contributed by atoms with Gasteiger partial charge in [-0.05, 0) is 49.3 Å². The molecule has 0 aliphatic heterocycles. The number of amides is 1. The molecule has 0 atom stereocenters. The Balaban J connectivity index is 3.12. The summed E-state index contributed by atoms with van der Waals surface area (Å²) in [5.74, 6) is 1.20. The van der Waals surface area contributed by atoms with Gasteiger partial charge in [-0.1, -0.05) is 20.8 Å². The van der Waals surface area contributed by atoms with Crippen molar-refractivity contribution >= 4 is 33.4 Å². The van der Waals surface area contributed by atoms with Gasteiger partial charge in [0, 0.05) is 18.8 Å². The predicted octanol–water partition coefficient (Wildman–Crippen LogP) is 3.42. The maximum absolute atomic E-state index is 12.7. The zero-order valence-corrected chi connectivity index (χ0v) is 16.8. The Morgan fingerprint density at radius 3 is 2.33 bits per heavy atom. The summed E-state index contributed by atoms with van der Waals surface area (Å²) in [5.41, 5.74) is 2.31. The molecule has 1 N–H and O–H groups in total. The highest BCUT2D eigenvalue weighted by Gasteiger charge is 2.23. The Labute approximate surface area is 150 Å². The fourth-order valence-corrected chi connectivity index (χ4v) is 4.57. The molecule has 24 heavy (non-hydrogen) atoms. The number of hydrogen-bond acceptors (Lipinski definition) is 4. The van der Waals surface area contributed by atoms with E-state index in [-0.39, 0.29) is 10.8 Å². The van der Waals surface area contributed by atoms with Crippen molar-refractivity contribution in [3.8, 4) is 0 Å². The lowest BCUT2D eigenvalue weighted by atomic mass is 10.1. The van der Waals surface area contributed by atoms with Gasteiger partial charge in [-0.15, -0.1) is 0 Å². The molecule has 0 heterocycles. The van der Waals surface area contributed by atoms with Gasteiger partial charge in [0.05, 0.1) is 10.6 Å². The van der Waals surface area contributed by atoms with Crippen LogP contribution in [0.1, 0.15) is 38.3 Å². The summed E-state index contributed by atoms with van der Waals surface area (Å²) < 4.78 is 26.8. The zero-order valence-electron chi connectivity index (χ0n) is 15.2. The smallest absolute Gasteiger partial charge is 0.243 e. The zero-order chi connectivity index (χ0) is 18.3. The van der Waals surface area contributed by atoms with Crippen LogP contribution < -0.4 is 5.32 Å². The number of nitrogens with zero attached hydrogens (tertiary/aromatic N) is 1. The molecule has 0 aliphatic rings. The molecule has 0 aromatic heterocycles. The second kappa shape index (κ2) is 9.44. The van der Waals surface area contributed by atoms with Crippen LogP contribution in [-0.2, 0) is 14.8 Å². The van der Waals surface area contributed by atoms with Crippen molar-refractivity contribution in [2.45, 2.75) is 45.9 Å². The minimum absolute atomic E-state index is 0.103. The molecule has 5 nitrogen and oxygen atoms in total. The molecule has 0 saturated heterocycles. The third kappa shape index (κ3) is 5.22. The molecule has 0 fully saturated rings. The van der Waals surface area contributed by atoms with Crippen LogP contribution in [0, 0.1) is 13.8 Å². The summed E-state index contributed by atoms with van der Waals surface area (Å²) >= 11 is 1.57. The number of nitrogens with one attached hydrogen (secondary N) is 1. The van der Waals surface area contributed by atoms with Crippen LogP contribution in [0.2, 0.25) is 0 Å². The number of hydrogen-bond donors (Lipinski definition) is 1. The van der Waals surface area contributed by atoms with E-state index in [0.717, 1.165) is 23.3 Å². The van der Waals surface area contributed by atoms with Crippen LogP contribution in [0.15, 0.2) is 17.0 Å². The molecule has 1 amide bonds. The van der Waals surface area contributed by atoms with E-state index >= 15 is 0 Å². The van der Waals surface area contributed by atoms with E-state index in [4.69, 9.17) is 0 Å². The minimum Gasteiger partial charge on any atom is -0.325 e. The van der Waals surface area contributed by atoms with Crippen molar-refractivity contribution in [3.05, 3.63) is 23.3 Å². The number of carbonyl (C=O) groups is 1. The van der Waals surface area contributed by atoms with E-state index in [0.29, 0.717) is 24.5 Å². The standard InChI is InChI=1S/C17H28N2O3S2/c1-6-9-23-12-17(20)18-16-11-15(10-13(4)14(16)5)24(21,22)19(7-2)8-3/h10-11H,6-9,12H2,1-5H3,(H,18,20). The Morgan fingerprint density at radius 2 is 1.79 bits per heavy atom. The minimum atomic E-state index is -3.54. The van der Waals surface area contributed by atoms with Crippen LogP contribution in [0.5, 0.6) is 0 Å². The molecule has 0 spiro atoms. The first kappa shape index (κ1) is 21.0. The van der Waals surface area contributed by atoms with Crippen LogP contribution in [0.25, 0.3) is 0 Å². The molecule has 1 aromatic rings. The van der Waals surface area contributed by atoms with Crippen molar-refractivity contribution in [3.63, 3.8) is 0 Å². The van der Waals surface area contributed by atoms with Gasteiger partial charge in [0.15, 0.2) is 0 Å². The fraction of sp³-hybridized carbons (Fsp3) is 0.588. The molecular weight excluding hydrogens is 344 g/mol. The summed E-state index contributed by atoms with van der Waals surface area (Å²) in [5, 5.41) is 2.85. The third-order valence-corrected chi connectivity index (χ3v) is 7.03. The van der Waals surface area contributed by atoms with Crippen LogP contribution in [0.3, 0.4) is 0 Å². The molecule has 7 heteroatoms. The number of rotatable bonds is 9. The van der Waals surface area contributed by atoms with Gasteiger partial charge in [-0.25, -0.2) is 8.42 Å². The van der Waals surface area contributed by atoms with Gasteiger partial charge in [0.2, 0.25) is 15.9 Å². The van der Waals surface area contributed by atoms with Crippen molar-refractivity contribution in [1.29, 1.82) is 0 Å². The average molecular weight is 373 g/mol. The molecule has 0 bridgehead atoms. The number of sulfonamides is 1. The maximum atomic E-state index is 12.7. The first-order valence-corrected chi connectivity index (χ1v) is 10.9. The van der Waals surface area contributed by atoms with Gasteiger partial charge in [-0.2, -0.15) is 16.1 Å². The van der Waals surface area contributed by atoms with E-state index in [2.05, 4.69) is 12.2 Å². The number of thioether (sulfide) groups is 1. The number of anilines is 1.